The van der Waals surface area contributed by atoms with E-state index in [1.54, 1.807) is 17.6 Å². The maximum Gasteiger partial charge on any atom is 0.255 e. The normalized spacial score (nSPS) is 14.4. The van der Waals surface area contributed by atoms with E-state index in [1.807, 2.05) is 17.0 Å². The number of para-hydroxylation sites is 1. The molecule has 1 N–H and O–H groups in total. The van der Waals surface area contributed by atoms with Gasteiger partial charge in [-0.3, -0.25) is 9.59 Å². The Hall–Kier alpha value is -1.93. The molecule has 1 saturated heterocycles. The van der Waals surface area contributed by atoms with Crippen LogP contribution in [0.4, 0.5) is 5.69 Å². The fraction of sp³-hybridized carbons (Fsp3) is 0.375. The molecular formula is C16H18N4O2S2. The molecule has 0 unspecified atom stereocenters. The highest BCUT2D eigenvalue weighted by Crippen LogP contribution is 2.22. The van der Waals surface area contributed by atoms with Crippen molar-refractivity contribution in [3.8, 4) is 0 Å². The van der Waals surface area contributed by atoms with E-state index in [2.05, 4.69) is 15.5 Å². The number of thioether (sulfide) groups is 1. The summed E-state index contributed by atoms with van der Waals surface area (Å²) in [5.74, 6) is 0.0676. The predicted octanol–water partition coefficient (Wildman–Crippen LogP) is 2.90. The van der Waals surface area contributed by atoms with Gasteiger partial charge in [-0.2, -0.15) is 0 Å². The molecule has 24 heavy (non-hydrogen) atoms. The molecule has 0 aliphatic carbocycles. The lowest BCUT2D eigenvalue weighted by molar-refractivity contribution is -0.113. The number of aromatic nitrogens is 2. The predicted molar refractivity (Wildman–Crippen MR) is 95.5 cm³/mol. The molecule has 1 aliphatic heterocycles. The molecule has 126 valence electrons. The van der Waals surface area contributed by atoms with E-state index in [9.17, 15) is 9.59 Å². The lowest BCUT2D eigenvalue weighted by atomic mass is 10.1. The SMILES string of the molecule is O=C(CSc1nncs1)Nc1ccccc1C(=O)N1CCCCC1. The lowest BCUT2D eigenvalue weighted by Gasteiger charge is -2.27. The van der Waals surface area contributed by atoms with Gasteiger partial charge in [-0.15, -0.1) is 10.2 Å². The topological polar surface area (TPSA) is 75.2 Å². The number of amides is 2. The summed E-state index contributed by atoms with van der Waals surface area (Å²) >= 11 is 2.73. The summed E-state index contributed by atoms with van der Waals surface area (Å²) in [4.78, 5) is 26.7. The average Bonchev–Trinajstić information content (AvgIpc) is 3.14. The Morgan fingerprint density at radius 2 is 2.00 bits per heavy atom. The molecule has 1 aromatic carbocycles. The Labute approximate surface area is 148 Å². The van der Waals surface area contributed by atoms with Gasteiger partial charge in [0.2, 0.25) is 5.91 Å². The molecule has 0 spiro atoms. The number of benzene rings is 1. The Bertz CT molecular complexity index is 700. The van der Waals surface area contributed by atoms with E-state index in [0.29, 0.717) is 11.3 Å². The van der Waals surface area contributed by atoms with E-state index >= 15 is 0 Å². The molecule has 2 amide bonds. The molecule has 8 heteroatoms. The Balaban J connectivity index is 1.64. The first-order chi connectivity index (χ1) is 11.7. The molecule has 1 aliphatic rings. The number of hydrogen-bond acceptors (Lipinski definition) is 6. The highest BCUT2D eigenvalue weighted by Gasteiger charge is 2.21. The number of hydrogen-bond donors (Lipinski definition) is 1. The van der Waals surface area contributed by atoms with Crippen LogP contribution in [0.25, 0.3) is 0 Å². The molecule has 0 atom stereocenters. The van der Waals surface area contributed by atoms with Crippen LogP contribution in [0.3, 0.4) is 0 Å². The van der Waals surface area contributed by atoms with Crippen LogP contribution >= 0.6 is 23.1 Å². The number of nitrogens with one attached hydrogen (secondary N) is 1. The van der Waals surface area contributed by atoms with Gasteiger partial charge in [-0.05, 0) is 31.4 Å². The summed E-state index contributed by atoms with van der Waals surface area (Å²) in [7, 11) is 0. The van der Waals surface area contributed by atoms with E-state index in [4.69, 9.17) is 0 Å². The number of nitrogens with zero attached hydrogens (tertiary/aromatic N) is 3. The summed E-state index contributed by atoms with van der Waals surface area (Å²) in [5.41, 5.74) is 2.75. The van der Waals surface area contributed by atoms with Crippen molar-refractivity contribution in [3.63, 3.8) is 0 Å². The van der Waals surface area contributed by atoms with Crippen LogP contribution in [0.1, 0.15) is 29.6 Å². The van der Waals surface area contributed by atoms with Crippen molar-refractivity contribution in [3.05, 3.63) is 35.3 Å². The molecule has 0 saturated carbocycles. The van der Waals surface area contributed by atoms with Crippen molar-refractivity contribution in [2.24, 2.45) is 0 Å². The molecule has 1 aromatic heterocycles. The van der Waals surface area contributed by atoms with Gasteiger partial charge in [0.15, 0.2) is 4.34 Å². The Morgan fingerprint density at radius 3 is 2.75 bits per heavy atom. The average molecular weight is 362 g/mol. The second-order valence-corrected chi connectivity index (χ2v) is 7.50. The fourth-order valence-electron chi connectivity index (χ4n) is 2.59. The zero-order chi connectivity index (χ0) is 16.8. The molecule has 0 radical (unpaired) electrons. The maximum atomic E-state index is 12.7. The number of rotatable bonds is 5. The zero-order valence-electron chi connectivity index (χ0n) is 13.1. The Kier molecular flexibility index (Phi) is 5.81. The lowest BCUT2D eigenvalue weighted by Crippen LogP contribution is -2.36. The van der Waals surface area contributed by atoms with E-state index in [1.165, 1.54) is 29.5 Å². The smallest absolute Gasteiger partial charge is 0.255 e. The van der Waals surface area contributed by atoms with Gasteiger partial charge < -0.3 is 10.2 Å². The minimum Gasteiger partial charge on any atom is -0.339 e. The molecule has 6 nitrogen and oxygen atoms in total. The van der Waals surface area contributed by atoms with E-state index in [-0.39, 0.29) is 17.6 Å². The zero-order valence-corrected chi connectivity index (χ0v) is 14.7. The van der Waals surface area contributed by atoms with Gasteiger partial charge in [-0.25, -0.2) is 0 Å². The van der Waals surface area contributed by atoms with Gasteiger partial charge in [0.05, 0.1) is 17.0 Å². The summed E-state index contributed by atoms with van der Waals surface area (Å²) in [6, 6.07) is 7.18. The first-order valence-corrected chi connectivity index (χ1v) is 9.67. The number of anilines is 1. The first kappa shape index (κ1) is 16.9. The monoisotopic (exact) mass is 362 g/mol. The summed E-state index contributed by atoms with van der Waals surface area (Å²) in [5, 5.41) is 10.5. The van der Waals surface area contributed by atoms with Crippen molar-refractivity contribution >= 4 is 40.6 Å². The van der Waals surface area contributed by atoms with Gasteiger partial charge in [0.25, 0.3) is 5.91 Å². The van der Waals surface area contributed by atoms with Crippen LogP contribution in [0, 0.1) is 0 Å². The van der Waals surface area contributed by atoms with E-state index in [0.717, 1.165) is 30.3 Å². The first-order valence-electron chi connectivity index (χ1n) is 7.81. The summed E-state index contributed by atoms with van der Waals surface area (Å²) < 4.78 is 0.753. The van der Waals surface area contributed by atoms with Crippen molar-refractivity contribution in [2.75, 3.05) is 24.2 Å². The van der Waals surface area contributed by atoms with Crippen molar-refractivity contribution in [2.45, 2.75) is 23.6 Å². The third kappa shape index (κ3) is 4.33. The maximum absolute atomic E-state index is 12.7. The molecule has 1 fully saturated rings. The van der Waals surface area contributed by atoms with Gasteiger partial charge in [0, 0.05) is 13.1 Å². The number of carbonyl (C=O) groups excluding carboxylic acids is 2. The highest BCUT2D eigenvalue weighted by molar-refractivity contribution is 8.01. The third-order valence-corrected chi connectivity index (χ3v) is 5.60. The van der Waals surface area contributed by atoms with Gasteiger partial charge >= 0.3 is 0 Å². The standard InChI is InChI=1S/C16H18N4O2S2/c21-14(10-23-16-19-17-11-24-16)18-13-7-3-2-6-12(13)15(22)20-8-4-1-5-9-20/h2-3,6-7,11H,1,4-5,8-10H2,(H,18,21). The summed E-state index contributed by atoms with van der Waals surface area (Å²) in [6.07, 6.45) is 3.25. The molecule has 0 bridgehead atoms. The second-order valence-electron chi connectivity index (χ2n) is 5.44. The van der Waals surface area contributed by atoms with Crippen molar-refractivity contribution in [1.82, 2.24) is 15.1 Å². The van der Waals surface area contributed by atoms with Gasteiger partial charge in [-0.1, -0.05) is 35.2 Å². The summed E-state index contributed by atoms with van der Waals surface area (Å²) in [6.45, 7) is 1.57. The van der Waals surface area contributed by atoms with Crippen LogP contribution in [0.5, 0.6) is 0 Å². The van der Waals surface area contributed by atoms with Crippen LogP contribution in [-0.2, 0) is 4.79 Å². The van der Waals surface area contributed by atoms with Crippen molar-refractivity contribution in [1.29, 1.82) is 0 Å². The fourth-order valence-corrected chi connectivity index (χ4v) is 3.87. The van der Waals surface area contributed by atoms with Crippen LogP contribution < -0.4 is 5.32 Å². The molecule has 2 heterocycles. The van der Waals surface area contributed by atoms with Gasteiger partial charge in [0.1, 0.15) is 5.51 Å². The highest BCUT2D eigenvalue weighted by atomic mass is 32.2. The molecule has 3 rings (SSSR count). The van der Waals surface area contributed by atoms with Crippen LogP contribution in [-0.4, -0.2) is 45.8 Å². The van der Waals surface area contributed by atoms with Crippen LogP contribution in [0.2, 0.25) is 0 Å². The van der Waals surface area contributed by atoms with Crippen LogP contribution in [0.15, 0.2) is 34.1 Å². The Morgan fingerprint density at radius 1 is 1.21 bits per heavy atom. The third-order valence-electron chi connectivity index (χ3n) is 3.74. The van der Waals surface area contributed by atoms with Crippen molar-refractivity contribution < 1.29 is 9.59 Å². The quantitative estimate of drug-likeness (QED) is 0.828. The number of carbonyl (C=O) groups is 2. The number of piperidine rings is 1. The number of likely N-dealkylation sites (tertiary alicyclic amines) is 1. The molecular weight excluding hydrogens is 344 g/mol. The minimum absolute atomic E-state index is 0.0117. The molecule has 2 aromatic rings. The largest absolute Gasteiger partial charge is 0.339 e. The second kappa shape index (κ2) is 8.25. The minimum atomic E-state index is -0.158. The van der Waals surface area contributed by atoms with E-state index < -0.39 is 0 Å².